The summed E-state index contributed by atoms with van der Waals surface area (Å²) in [6.07, 6.45) is 0.219. The Bertz CT molecular complexity index is 582. The minimum absolute atomic E-state index is 0.0313. The number of carbonyl (C=O) groups excluding carboxylic acids is 2. The largest absolute Gasteiger partial charge is 0.444 e. The first-order valence-corrected chi connectivity index (χ1v) is 9.49. The van der Waals surface area contributed by atoms with Gasteiger partial charge in [0.2, 0.25) is 5.91 Å². The summed E-state index contributed by atoms with van der Waals surface area (Å²) in [6.45, 7) is 5.82. The first-order valence-electron chi connectivity index (χ1n) is 7.67. The summed E-state index contributed by atoms with van der Waals surface area (Å²) < 4.78 is 28.8. The molecule has 2 heterocycles. The molecule has 0 saturated carbocycles. The van der Waals surface area contributed by atoms with Gasteiger partial charge >= 0.3 is 6.09 Å². The highest BCUT2D eigenvalue weighted by Gasteiger charge is 2.53. The molecule has 2 amide bonds. The predicted molar refractivity (Wildman–Crippen MR) is 83.9 cm³/mol. The maximum atomic E-state index is 12.3. The van der Waals surface area contributed by atoms with Crippen molar-refractivity contribution in [2.75, 3.05) is 24.6 Å². The second kappa shape index (κ2) is 5.94. The smallest absolute Gasteiger partial charge is 0.410 e. The standard InChI is InChI=1S/C14H25N3O5S/c1-13(2,3)22-12(19)17-8-10(11(18)16-15)14(9-17)4-6-23(20,21)7-5-14/h10H,4-9,15H2,1-3H3,(H,16,18). The number of hydrogen-bond acceptors (Lipinski definition) is 6. The van der Waals surface area contributed by atoms with Crippen LogP contribution in [-0.4, -0.2) is 55.5 Å². The van der Waals surface area contributed by atoms with Gasteiger partial charge in [-0.05, 0) is 33.6 Å². The molecule has 9 heteroatoms. The molecule has 8 nitrogen and oxygen atoms in total. The van der Waals surface area contributed by atoms with Gasteiger partial charge in [0.15, 0.2) is 0 Å². The van der Waals surface area contributed by atoms with Crippen LogP contribution in [0.1, 0.15) is 33.6 Å². The predicted octanol–water partition coefficient (Wildman–Crippen LogP) is 0.0382. The molecule has 0 aromatic rings. The van der Waals surface area contributed by atoms with Crippen LogP contribution in [0.15, 0.2) is 0 Å². The number of nitrogens with one attached hydrogen (secondary N) is 1. The summed E-state index contributed by atoms with van der Waals surface area (Å²) in [5.74, 6) is 4.45. The van der Waals surface area contributed by atoms with E-state index in [1.807, 2.05) is 0 Å². The summed E-state index contributed by atoms with van der Waals surface area (Å²) in [6, 6.07) is 0. The lowest BCUT2D eigenvalue weighted by Gasteiger charge is -2.36. The van der Waals surface area contributed by atoms with Gasteiger partial charge in [-0.1, -0.05) is 0 Å². The quantitative estimate of drug-likeness (QED) is 0.393. The van der Waals surface area contributed by atoms with Crippen LogP contribution in [-0.2, 0) is 19.4 Å². The van der Waals surface area contributed by atoms with Crippen molar-refractivity contribution < 1.29 is 22.7 Å². The number of hydrazine groups is 1. The minimum atomic E-state index is -3.07. The first kappa shape index (κ1) is 18.0. The summed E-state index contributed by atoms with van der Waals surface area (Å²) >= 11 is 0. The van der Waals surface area contributed by atoms with Gasteiger partial charge in [-0.15, -0.1) is 0 Å². The molecule has 0 bridgehead atoms. The summed E-state index contributed by atoms with van der Waals surface area (Å²) in [4.78, 5) is 25.9. The van der Waals surface area contributed by atoms with Crippen molar-refractivity contribution in [1.82, 2.24) is 10.3 Å². The molecular formula is C14H25N3O5S. The molecule has 2 saturated heterocycles. The zero-order chi connectivity index (χ0) is 17.5. The van der Waals surface area contributed by atoms with Gasteiger partial charge < -0.3 is 9.64 Å². The summed E-state index contributed by atoms with van der Waals surface area (Å²) in [5.41, 5.74) is 0.959. The second-order valence-electron chi connectivity index (χ2n) is 7.44. The van der Waals surface area contributed by atoms with Crippen molar-refractivity contribution in [3.05, 3.63) is 0 Å². The van der Waals surface area contributed by atoms with Gasteiger partial charge in [-0.3, -0.25) is 10.2 Å². The lowest BCUT2D eigenvalue weighted by molar-refractivity contribution is -0.127. The third kappa shape index (κ3) is 3.95. The molecule has 132 valence electrons. The van der Waals surface area contributed by atoms with Crippen LogP contribution in [0.4, 0.5) is 4.79 Å². The van der Waals surface area contributed by atoms with E-state index >= 15 is 0 Å². The van der Waals surface area contributed by atoms with E-state index in [4.69, 9.17) is 10.6 Å². The topological polar surface area (TPSA) is 119 Å². The highest BCUT2D eigenvalue weighted by molar-refractivity contribution is 7.91. The number of carbonyl (C=O) groups is 2. The summed E-state index contributed by atoms with van der Waals surface area (Å²) in [7, 11) is -3.07. The maximum absolute atomic E-state index is 12.3. The molecule has 2 aliphatic rings. The lowest BCUT2D eigenvalue weighted by atomic mass is 9.73. The van der Waals surface area contributed by atoms with Gasteiger partial charge in [0.25, 0.3) is 0 Å². The van der Waals surface area contributed by atoms with E-state index in [0.29, 0.717) is 19.4 Å². The maximum Gasteiger partial charge on any atom is 0.410 e. The Morgan fingerprint density at radius 2 is 1.83 bits per heavy atom. The van der Waals surface area contributed by atoms with E-state index in [9.17, 15) is 18.0 Å². The average molecular weight is 347 g/mol. The van der Waals surface area contributed by atoms with Crippen molar-refractivity contribution in [2.45, 2.75) is 39.2 Å². The Morgan fingerprint density at radius 3 is 2.30 bits per heavy atom. The number of nitrogens with two attached hydrogens (primary N) is 1. The number of nitrogens with zero attached hydrogens (tertiary/aromatic N) is 1. The molecule has 1 spiro atoms. The third-order valence-electron chi connectivity index (χ3n) is 4.58. The van der Waals surface area contributed by atoms with E-state index in [2.05, 4.69) is 5.43 Å². The Labute approximate surface area is 136 Å². The molecular weight excluding hydrogens is 322 g/mol. The number of likely N-dealkylation sites (tertiary alicyclic amines) is 1. The van der Waals surface area contributed by atoms with Crippen LogP contribution >= 0.6 is 0 Å². The van der Waals surface area contributed by atoms with Crippen LogP contribution in [0, 0.1) is 11.3 Å². The summed E-state index contributed by atoms with van der Waals surface area (Å²) in [5, 5.41) is 0. The van der Waals surface area contributed by atoms with Gasteiger partial charge in [0, 0.05) is 18.5 Å². The number of ether oxygens (including phenoxy) is 1. The fourth-order valence-electron chi connectivity index (χ4n) is 3.35. The Kier molecular flexibility index (Phi) is 4.64. The lowest BCUT2D eigenvalue weighted by Crippen LogP contribution is -2.47. The monoisotopic (exact) mass is 347 g/mol. The number of hydrogen-bond donors (Lipinski definition) is 2. The molecule has 1 atom stereocenters. The molecule has 3 N–H and O–H groups in total. The van der Waals surface area contributed by atoms with E-state index in [1.54, 1.807) is 20.8 Å². The Hall–Kier alpha value is -1.35. The zero-order valence-electron chi connectivity index (χ0n) is 13.8. The van der Waals surface area contributed by atoms with E-state index in [1.165, 1.54) is 4.90 Å². The van der Waals surface area contributed by atoms with E-state index in [-0.39, 0.29) is 24.0 Å². The average Bonchev–Trinajstić information content (AvgIpc) is 2.80. The van der Waals surface area contributed by atoms with Crippen LogP contribution in [0.3, 0.4) is 0 Å². The third-order valence-corrected chi connectivity index (χ3v) is 6.23. The zero-order valence-corrected chi connectivity index (χ0v) is 14.6. The van der Waals surface area contributed by atoms with Crippen molar-refractivity contribution in [3.63, 3.8) is 0 Å². The van der Waals surface area contributed by atoms with Crippen LogP contribution < -0.4 is 11.3 Å². The van der Waals surface area contributed by atoms with Crippen LogP contribution in [0.5, 0.6) is 0 Å². The van der Waals surface area contributed by atoms with Gasteiger partial charge in [0.05, 0.1) is 17.4 Å². The van der Waals surface area contributed by atoms with Gasteiger partial charge in [0.1, 0.15) is 15.4 Å². The highest BCUT2D eigenvalue weighted by Crippen LogP contribution is 2.45. The number of rotatable bonds is 1. The van der Waals surface area contributed by atoms with Gasteiger partial charge in [-0.2, -0.15) is 0 Å². The molecule has 2 rings (SSSR count). The second-order valence-corrected chi connectivity index (χ2v) is 9.74. The highest BCUT2D eigenvalue weighted by atomic mass is 32.2. The van der Waals surface area contributed by atoms with Crippen molar-refractivity contribution in [3.8, 4) is 0 Å². The number of sulfone groups is 1. The molecule has 0 aromatic carbocycles. The molecule has 23 heavy (non-hydrogen) atoms. The van der Waals surface area contributed by atoms with Crippen LogP contribution in [0.25, 0.3) is 0 Å². The molecule has 0 aliphatic carbocycles. The van der Waals surface area contributed by atoms with Crippen molar-refractivity contribution >= 4 is 21.8 Å². The molecule has 2 fully saturated rings. The van der Waals surface area contributed by atoms with Crippen LogP contribution in [0.2, 0.25) is 0 Å². The fraction of sp³-hybridized carbons (Fsp3) is 0.857. The normalized spacial score (nSPS) is 26.1. The van der Waals surface area contributed by atoms with Crippen molar-refractivity contribution in [2.24, 2.45) is 17.2 Å². The van der Waals surface area contributed by atoms with Crippen molar-refractivity contribution in [1.29, 1.82) is 0 Å². The fourth-order valence-corrected chi connectivity index (χ4v) is 4.99. The SMILES string of the molecule is CC(C)(C)OC(=O)N1CC(C(=O)NN)C2(CCS(=O)(=O)CC2)C1. The molecule has 0 aromatic heterocycles. The van der Waals surface area contributed by atoms with E-state index in [0.717, 1.165) is 0 Å². The molecule has 0 radical (unpaired) electrons. The van der Waals surface area contributed by atoms with E-state index < -0.39 is 32.9 Å². The minimum Gasteiger partial charge on any atom is -0.444 e. The number of amides is 2. The van der Waals surface area contributed by atoms with Gasteiger partial charge in [-0.25, -0.2) is 19.1 Å². The first-order chi connectivity index (χ1) is 10.5. The molecule has 2 aliphatic heterocycles. The molecule has 1 unspecified atom stereocenters. The Morgan fingerprint density at radius 1 is 1.26 bits per heavy atom. The Balaban J connectivity index is 2.20.